The Morgan fingerprint density at radius 3 is 2.26 bits per heavy atom. The largest absolute Gasteiger partial charge is 0.378 e. The van der Waals surface area contributed by atoms with Gasteiger partial charge in [0.2, 0.25) is 0 Å². The SMILES string of the molecule is CC(=O)c1ccc(Nc2cccc(N(C)C)c2)cc1. The maximum absolute atomic E-state index is 11.2. The van der Waals surface area contributed by atoms with E-state index in [0.717, 1.165) is 22.6 Å². The Balaban J connectivity index is 2.16. The molecule has 0 aromatic heterocycles. The predicted molar refractivity (Wildman–Crippen MR) is 80.5 cm³/mol. The third-order valence-corrected chi connectivity index (χ3v) is 2.94. The molecule has 0 radical (unpaired) electrons. The van der Waals surface area contributed by atoms with Crippen LogP contribution in [0.1, 0.15) is 17.3 Å². The van der Waals surface area contributed by atoms with Gasteiger partial charge in [0, 0.05) is 36.7 Å². The molecule has 0 spiro atoms. The van der Waals surface area contributed by atoms with Crippen LogP contribution in [0.5, 0.6) is 0 Å². The van der Waals surface area contributed by atoms with Crippen LogP contribution < -0.4 is 10.2 Å². The standard InChI is InChI=1S/C16H18N2O/c1-12(19)13-7-9-14(10-8-13)17-15-5-4-6-16(11-15)18(2)3/h4-11,17H,1-3H3. The first-order valence-electron chi connectivity index (χ1n) is 6.21. The van der Waals surface area contributed by atoms with Crippen molar-refractivity contribution in [3.8, 4) is 0 Å². The molecule has 0 fully saturated rings. The summed E-state index contributed by atoms with van der Waals surface area (Å²) in [6.45, 7) is 1.57. The zero-order valence-corrected chi connectivity index (χ0v) is 11.5. The molecule has 0 heterocycles. The van der Waals surface area contributed by atoms with Crippen molar-refractivity contribution in [2.24, 2.45) is 0 Å². The third kappa shape index (κ3) is 3.35. The van der Waals surface area contributed by atoms with Crippen LogP contribution in [0.4, 0.5) is 17.1 Å². The summed E-state index contributed by atoms with van der Waals surface area (Å²) in [5.41, 5.74) is 3.88. The number of Topliss-reactive ketones (excluding diaryl/α,β-unsaturated/α-hetero) is 1. The van der Waals surface area contributed by atoms with Gasteiger partial charge in [0.05, 0.1) is 0 Å². The Morgan fingerprint density at radius 1 is 1.00 bits per heavy atom. The van der Waals surface area contributed by atoms with E-state index in [0.29, 0.717) is 0 Å². The number of carbonyl (C=O) groups excluding carboxylic acids is 1. The first-order chi connectivity index (χ1) is 9.06. The van der Waals surface area contributed by atoms with Crippen LogP contribution in [0.2, 0.25) is 0 Å². The van der Waals surface area contributed by atoms with Crippen molar-refractivity contribution < 1.29 is 4.79 Å². The van der Waals surface area contributed by atoms with E-state index < -0.39 is 0 Å². The predicted octanol–water partition coefficient (Wildman–Crippen LogP) is 3.70. The average Bonchev–Trinajstić information content (AvgIpc) is 2.39. The molecule has 0 bridgehead atoms. The van der Waals surface area contributed by atoms with Crippen molar-refractivity contribution in [1.82, 2.24) is 0 Å². The summed E-state index contributed by atoms with van der Waals surface area (Å²) in [6.07, 6.45) is 0. The summed E-state index contributed by atoms with van der Waals surface area (Å²) in [5, 5.41) is 3.33. The number of rotatable bonds is 4. The van der Waals surface area contributed by atoms with E-state index in [-0.39, 0.29) is 5.78 Å². The quantitative estimate of drug-likeness (QED) is 0.844. The lowest BCUT2D eigenvalue weighted by atomic mass is 10.1. The Hall–Kier alpha value is -2.29. The molecule has 0 aliphatic carbocycles. The fourth-order valence-corrected chi connectivity index (χ4v) is 1.82. The smallest absolute Gasteiger partial charge is 0.159 e. The van der Waals surface area contributed by atoms with Gasteiger partial charge in [-0.25, -0.2) is 0 Å². The number of ketones is 1. The highest BCUT2D eigenvalue weighted by Crippen LogP contribution is 2.21. The number of benzene rings is 2. The van der Waals surface area contributed by atoms with Crippen LogP contribution in [0.3, 0.4) is 0 Å². The zero-order valence-electron chi connectivity index (χ0n) is 11.5. The van der Waals surface area contributed by atoms with Crippen molar-refractivity contribution in [2.45, 2.75) is 6.92 Å². The van der Waals surface area contributed by atoms with E-state index in [2.05, 4.69) is 22.3 Å². The highest BCUT2D eigenvalue weighted by atomic mass is 16.1. The number of nitrogens with zero attached hydrogens (tertiary/aromatic N) is 1. The van der Waals surface area contributed by atoms with Gasteiger partial charge >= 0.3 is 0 Å². The lowest BCUT2D eigenvalue weighted by Crippen LogP contribution is -2.08. The van der Waals surface area contributed by atoms with Crippen molar-refractivity contribution >= 4 is 22.8 Å². The minimum Gasteiger partial charge on any atom is -0.378 e. The first kappa shape index (κ1) is 13.1. The van der Waals surface area contributed by atoms with Crippen molar-refractivity contribution in [3.05, 3.63) is 54.1 Å². The van der Waals surface area contributed by atoms with Crippen LogP contribution in [0.15, 0.2) is 48.5 Å². The maximum atomic E-state index is 11.2. The van der Waals surface area contributed by atoms with Crippen LogP contribution in [-0.2, 0) is 0 Å². The summed E-state index contributed by atoms with van der Waals surface area (Å²) < 4.78 is 0. The molecule has 2 rings (SSSR count). The van der Waals surface area contributed by atoms with Crippen LogP contribution in [0.25, 0.3) is 0 Å². The molecule has 3 nitrogen and oxygen atoms in total. The van der Waals surface area contributed by atoms with Crippen LogP contribution in [-0.4, -0.2) is 19.9 Å². The van der Waals surface area contributed by atoms with E-state index in [9.17, 15) is 4.79 Å². The number of anilines is 3. The first-order valence-corrected chi connectivity index (χ1v) is 6.21. The highest BCUT2D eigenvalue weighted by Gasteiger charge is 2.01. The fourth-order valence-electron chi connectivity index (χ4n) is 1.82. The van der Waals surface area contributed by atoms with Gasteiger partial charge in [-0.2, -0.15) is 0 Å². The maximum Gasteiger partial charge on any atom is 0.159 e. The van der Waals surface area contributed by atoms with Crippen LogP contribution >= 0.6 is 0 Å². The molecule has 1 N–H and O–H groups in total. The minimum atomic E-state index is 0.0844. The molecule has 0 aliphatic heterocycles. The number of carbonyl (C=O) groups is 1. The Bertz CT molecular complexity index is 574. The van der Waals surface area contributed by atoms with Crippen molar-refractivity contribution in [3.63, 3.8) is 0 Å². The molecule has 2 aromatic carbocycles. The van der Waals surface area contributed by atoms with E-state index >= 15 is 0 Å². The molecule has 0 saturated heterocycles. The van der Waals surface area contributed by atoms with Gasteiger partial charge in [0.25, 0.3) is 0 Å². The topological polar surface area (TPSA) is 32.3 Å². The zero-order chi connectivity index (χ0) is 13.8. The summed E-state index contributed by atoms with van der Waals surface area (Å²) >= 11 is 0. The molecule has 98 valence electrons. The molecule has 0 atom stereocenters. The average molecular weight is 254 g/mol. The molecule has 3 heteroatoms. The number of hydrogen-bond acceptors (Lipinski definition) is 3. The molecule has 0 aliphatic rings. The summed E-state index contributed by atoms with van der Waals surface area (Å²) in [5.74, 6) is 0.0844. The lowest BCUT2D eigenvalue weighted by Gasteiger charge is -2.14. The molecule has 19 heavy (non-hydrogen) atoms. The van der Waals surface area contributed by atoms with Gasteiger partial charge in [0.15, 0.2) is 5.78 Å². The fraction of sp³-hybridized carbons (Fsp3) is 0.188. The van der Waals surface area contributed by atoms with E-state index in [1.165, 1.54) is 0 Å². The van der Waals surface area contributed by atoms with Gasteiger partial charge < -0.3 is 10.2 Å². The van der Waals surface area contributed by atoms with Gasteiger partial charge in [-0.3, -0.25) is 4.79 Å². The summed E-state index contributed by atoms with van der Waals surface area (Å²) in [6, 6.07) is 15.7. The second-order valence-electron chi connectivity index (χ2n) is 4.70. The monoisotopic (exact) mass is 254 g/mol. The van der Waals surface area contributed by atoms with Gasteiger partial charge in [-0.1, -0.05) is 6.07 Å². The van der Waals surface area contributed by atoms with Crippen molar-refractivity contribution in [1.29, 1.82) is 0 Å². The second kappa shape index (κ2) is 5.57. The third-order valence-electron chi connectivity index (χ3n) is 2.94. The van der Waals surface area contributed by atoms with E-state index in [1.54, 1.807) is 6.92 Å². The van der Waals surface area contributed by atoms with E-state index in [1.807, 2.05) is 50.5 Å². The summed E-state index contributed by atoms with van der Waals surface area (Å²) in [4.78, 5) is 13.3. The van der Waals surface area contributed by atoms with Gasteiger partial charge in [0.1, 0.15) is 0 Å². The normalized spacial score (nSPS) is 10.1. The molecule has 0 saturated carbocycles. The summed E-state index contributed by atoms with van der Waals surface area (Å²) in [7, 11) is 4.03. The van der Waals surface area contributed by atoms with Crippen molar-refractivity contribution in [2.75, 3.05) is 24.3 Å². The van der Waals surface area contributed by atoms with Crippen LogP contribution in [0, 0.1) is 0 Å². The van der Waals surface area contributed by atoms with Gasteiger partial charge in [-0.05, 0) is 49.4 Å². The second-order valence-corrected chi connectivity index (χ2v) is 4.70. The number of hydrogen-bond donors (Lipinski definition) is 1. The van der Waals surface area contributed by atoms with E-state index in [4.69, 9.17) is 0 Å². The minimum absolute atomic E-state index is 0.0844. The lowest BCUT2D eigenvalue weighted by molar-refractivity contribution is 0.101. The number of nitrogens with one attached hydrogen (secondary N) is 1. The molecular formula is C16H18N2O. The van der Waals surface area contributed by atoms with Gasteiger partial charge in [-0.15, -0.1) is 0 Å². The Kier molecular flexibility index (Phi) is 3.85. The molecule has 0 unspecified atom stereocenters. The molecular weight excluding hydrogens is 236 g/mol. The Morgan fingerprint density at radius 2 is 1.68 bits per heavy atom. The highest BCUT2D eigenvalue weighted by molar-refractivity contribution is 5.94. The molecule has 0 amide bonds. The Labute approximate surface area is 113 Å². The molecule has 2 aromatic rings.